The van der Waals surface area contributed by atoms with Crippen molar-refractivity contribution in [2.75, 3.05) is 0 Å². The van der Waals surface area contributed by atoms with Crippen molar-refractivity contribution in [2.45, 2.75) is 0 Å². The Bertz CT molecular complexity index is 658. The maximum absolute atomic E-state index is 12.2. The van der Waals surface area contributed by atoms with Gasteiger partial charge in [0.2, 0.25) is 5.78 Å². The van der Waals surface area contributed by atoms with Gasteiger partial charge in [-0.3, -0.25) is 4.79 Å². The molecule has 0 aliphatic rings. The smallest absolute Gasteiger partial charge is 0.244 e. The largest absolute Gasteiger partial charge is 0.453 e. The average molecular weight is 225 g/mol. The number of carbonyl (C=O) groups excluding carboxylic acids is 1. The molecule has 2 aromatic heterocycles. The van der Waals surface area contributed by atoms with Gasteiger partial charge in [-0.15, -0.1) is 0 Å². The molecule has 0 N–H and O–H groups in total. The van der Waals surface area contributed by atoms with Crippen LogP contribution in [-0.2, 0) is 7.05 Å². The number of fused-ring (bicyclic) bond motifs is 1. The Hall–Kier alpha value is -2.29. The molecule has 84 valence electrons. The summed E-state index contributed by atoms with van der Waals surface area (Å²) in [7, 11) is 1.84. The van der Waals surface area contributed by atoms with E-state index in [1.165, 1.54) is 0 Å². The Morgan fingerprint density at radius 3 is 2.71 bits per heavy atom. The number of hydrogen-bond donors (Lipinski definition) is 0. The Morgan fingerprint density at radius 1 is 1.18 bits per heavy atom. The summed E-state index contributed by atoms with van der Waals surface area (Å²) in [6.45, 7) is 0. The van der Waals surface area contributed by atoms with Gasteiger partial charge in [0.25, 0.3) is 0 Å². The second-order valence-electron chi connectivity index (χ2n) is 3.98. The minimum Gasteiger partial charge on any atom is -0.453 e. The van der Waals surface area contributed by atoms with E-state index in [9.17, 15) is 4.79 Å². The Morgan fingerprint density at radius 2 is 2.00 bits per heavy atom. The fourth-order valence-corrected chi connectivity index (χ4v) is 1.92. The lowest BCUT2D eigenvalue weighted by Gasteiger charge is -1.98. The average Bonchev–Trinajstić information content (AvgIpc) is 2.93. The Kier molecular flexibility index (Phi) is 2.11. The summed E-state index contributed by atoms with van der Waals surface area (Å²) in [6.07, 6.45) is 1.84. The van der Waals surface area contributed by atoms with Crippen LogP contribution in [0.1, 0.15) is 16.2 Å². The monoisotopic (exact) mass is 225 g/mol. The van der Waals surface area contributed by atoms with Gasteiger partial charge in [-0.2, -0.15) is 0 Å². The fraction of sp³-hybridized carbons (Fsp3) is 0.0714. The zero-order valence-corrected chi connectivity index (χ0v) is 9.38. The zero-order valence-electron chi connectivity index (χ0n) is 9.38. The first-order chi connectivity index (χ1) is 8.25. The summed E-state index contributed by atoms with van der Waals surface area (Å²) in [4.78, 5) is 12.2. The molecule has 1 aromatic carbocycles. The zero-order chi connectivity index (χ0) is 11.8. The van der Waals surface area contributed by atoms with Crippen LogP contribution in [0.25, 0.3) is 11.0 Å². The maximum atomic E-state index is 12.2. The first kappa shape index (κ1) is 9.90. The predicted molar refractivity (Wildman–Crippen MR) is 65.1 cm³/mol. The number of rotatable bonds is 2. The van der Waals surface area contributed by atoms with Crippen LogP contribution in [0.4, 0.5) is 0 Å². The van der Waals surface area contributed by atoms with Crippen LogP contribution >= 0.6 is 0 Å². The lowest BCUT2D eigenvalue weighted by atomic mass is 10.2. The molecule has 0 radical (unpaired) electrons. The van der Waals surface area contributed by atoms with E-state index in [0.29, 0.717) is 11.5 Å². The number of para-hydroxylation sites is 1. The van der Waals surface area contributed by atoms with E-state index in [0.717, 1.165) is 11.0 Å². The topological polar surface area (TPSA) is 35.1 Å². The van der Waals surface area contributed by atoms with Crippen molar-refractivity contribution in [1.82, 2.24) is 4.57 Å². The molecule has 3 rings (SSSR count). The molecule has 0 fully saturated rings. The molecule has 0 atom stereocenters. The minimum absolute atomic E-state index is 0.0892. The minimum atomic E-state index is -0.0892. The van der Waals surface area contributed by atoms with Crippen molar-refractivity contribution >= 4 is 16.8 Å². The second-order valence-corrected chi connectivity index (χ2v) is 3.98. The molecule has 0 amide bonds. The standard InChI is InChI=1S/C14H11NO2/c1-15-8-4-6-11(15)14(16)13-9-10-5-2-3-7-12(10)17-13/h2-9H,1H3. The summed E-state index contributed by atoms with van der Waals surface area (Å²) < 4.78 is 7.33. The van der Waals surface area contributed by atoms with E-state index in [-0.39, 0.29) is 5.78 Å². The molecule has 0 aliphatic heterocycles. The predicted octanol–water partition coefficient (Wildman–Crippen LogP) is 3.00. The SMILES string of the molecule is Cn1cccc1C(=O)c1cc2ccccc2o1. The molecular formula is C14H11NO2. The molecule has 3 aromatic rings. The van der Waals surface area contributed by atoms with Gasteiger partial charge in [-0.25, -0.2) is 0 Å². The second kappa shape index (κ2) is 3.63. The third-order valence-corrected chi connectivity index (χ3v) is 2.83. The normalized spacial score (nSPS) is 10.9. The molecule has 0 spiro atoms. The summed E-state index contributed by atoms with van der Waals surface area (Å²) >= 11 is 0. The van der Waals surface area contributed by atoms with Crippen molar-refractivity contribution in [3.63, 3.8) is 0 Å². The molecule has 3 nitrogen and oxygen atoms in total. The summed E-state index contributed by atoms with van der Waals surface area (Å²) in [6, 6.07) is 13.0. The Labute approximate surface area is 98.3 Å². The van der Waals surface area contributed by atoms with Crippen molar-refractivity contribution in [3.05, 3.63) is 60.1 Å². The molecule has 3 heteroatoms. The first-order valence-electron chi connectivity index (χ1n) is 5.40. The summed E-state index contributed by atoms with van der Waals surface area (Å²) in [5.41, 5.74) is 1.37. The molecular weight excluding hydrogens is 214 g/mol. The van der Waals surface area contributed by atoms with Crippen molar-refractivity contribution in [3.8, 4) is 0 Å². The lowest BCUT2D eigenvalue weighted by molar-refractivity contribution is 0.100. The quantitative estimate of drug-likeness (QED) is 0.628. The van der Waals surface area contributed by atoms with Gasteiger partial charge >= 0.3 is 0 Å². The number of furan rings is 1. The van der Waals surface area contributed by atoms with Crippen LogP contribution in [0.2, 0.25) is 0 Å². The van der Waals surface area contributed by atoms with Crippen molar-refractivity contribution in [1.29, 1.82) is 0 Å². The van der Waals surface area contributed by atoms with Crippen LogP contribution in [0.15, 0.2) is 53.1 Å². The van der Waals surface area contributed by atoms with Crippen molar-refractivity contribution in [2.24, 2.45) is 7.05 Å². The number of ketones is 1. The van der Waals surface area contributed by atoms with Gasteiger partial charge in [0, 0.05) is 18.6 Å². The number of nitrogens with zero attached hydrogens (tertiary/aromatic N) is 1. The van der Waals surface area contributed by atoms with Gasteiger partial charge in [0.05, 0.1) is 5.69 Å². The molecule has 2 heterocycles. The van der Waals surface area contributed by atoms with E-state index in [2.05, 4.69) is 0 Å². The third kappa shape index (κ3) is 1.56. The van der Waals surface area contributed by atoms with Crippen LogP contribution in [0.5, 0.6) is 0 Å². The van der Waals surface area contributed by atoms with Gasteiger partial charge in [-0.1, -0.05) is 18.2 Å². The highest BCUT2D eigenvalue weighted by Gasteiger charge is 2.16. The van der Waals surface area contributed by atoms with E-state index < -0.39 is 0 Å². The number of carbonyl (C=O) groups is 1. The number of aromatic nitrogens is 1. The van der Waals surface area contributed by atoms with Crippen LogP contribution in [-0.4, -0.2) is 10.4 Å². The summed E-state index contributed by atoms with van der Waals surface area (Å²) in [5.74, 6) is 0.293. The van der Waals surface area contributed by atoms with Crippen LogP contribution in [0, 0.1) is 0 Å². The highest BCUT2D eigenvalue weighted by molar-refractivity contribution is 6.08. The maximum Gasteiger partial charge on any atom is 0.244 e. The fourth-order valence-electron chi connectivity index (χ4n) is 1.92. The number of benzene rings is 1. The van der Waals surface area contributed by atoms with E-state index in [1.54, 1.807) is 16.7 Å². The Balaban J connectivity index is 2.10. The van der Waals surface area contributed by atoms with Crippen LogP contribution in [0.3, 0.4) is 0 Å². The van der Waals surface area contributed by atoms with E-state index >= 15 is 0 Å². The van der Waals surface area contributed by atoms with E-state index in [1.807, 2.05) is 43.6 Å². The van der Waals surface area contributed by atoms with Gasteiger partial charge < -0.3 is 8.98 Å². The highest BCUT2D eigenvalue weighted by Crippen LogP contribution is 2.21. The lowest BCUT2D eigenvalue weighted by Crippen LogP contribution is -2.05. The molecule has 17 heavy (non-hydrogen) atoms. The highest BCUT2D eigenvalue weighted by atomic mass is 16.3. The molecule has 0 saturated carbocycles. The van der Waals surface area contributed by atoms with Crippen LogP contribution < -0.4 is 0 Å². The number of hydrogen-bond acceptors (Lipinski definition) is 2. The van der Waals surface area contributed by atoms with Gasteiger partial charge in [-0.05, 0) is 24.3 Å². The molecule has 0 unspecified atom stereocenters. The van der Waals surface area contributed by atoms with Crippen molar-refractivity contribution < 1.29 is 9.21 Å². The molecule has 0 aliphatic carbocycles. The van der Waals surface area contributed by atoms with E-state index in [4.69, 9.17) is 4.42 Å². The first-order valence-corrected chi connectivity index (χ1v) is 5.40. The van der Waals surface area contributed by atoms with Gasteiger partial charge in [0.15, 0.2) is 5.76 Å². The third-order valence-electron chi connectivity index (χ3n) is 2.83. The molecule has 0 bridgehead atoms. The molecule has 0 saturated heterocycles. The summed E-state index contributed by atoms with van der Waals surface area (Å²) in [5, 5.41) is 0.949. The van der Waals surface area contributed by atoms with Gasteiger partial charge in [0.1, 0.15) is 5.58 Å². The number of aryl methyl sites for hydroxylation is 1.